The summed E-state index contributed by atoms with van der Waals surface area (Å²) in [6.07, 6.45) is -1.74. The molecule has 0 unspecified atom stereocenters. The standard InChI is InChI=1S/C36H2B2F30N.2C5H10.C4H10O.2C3H8O.Zr/c39-7-1(8(40)20(52)31(63)19(7)51)37(2-9(41)21(53)32(64)22(54)10(2)42,3-11(43)23(55)33(65)24(56)12(3)44)69-38(4-13(45)25(57)34(66)26(58)14(4)46,5-15(47)27(59)35(67)28(60)16(5)48)6-17(49)29(61)36(68)30(62)18(6)50;2*1-2-4-5-3-1;1-3-5-4-2;2*1-3(2)4;/h69H2;2*1-5H2;3-4H2,1-2H3;2*3-4H,1-2H3;/q-1;;;;;;+3. The molecule has 93 heavy (non-hydrogen) atoms. The van der Waals surface area contributed by atoms with Crippen LogP contribution < -0.4 is 37.9 Å². The Morgan fingerprint density at radius 2 is 0.333 bits per heavy atom. The molecule has 0 bridgehead atoms. The van der Waals surface area contributed by atoms with E-state index in [1.807, 2.05) is 13.8 Å². The molecule has 2 fully saturated rings. The predicted molar refractivity (Wildman–Crippen MR) is 272 cm³/mol. The Labute approximate surface area is 527 Å². The molecule has 0 atom stereocenters. The summed E-state index contributed by atoms with van der Waals surface area (Å²) in [5, 5.41) is 13.7. The molecule has 2 aliphatic rings. The SMILES string of the molecule is C1CCCC1.C1CCCC1.CC(C)O.CC(C)O.CCOCC.Fc1c(F)c(F)c([B-]([NH2+][B-](c2c(F)c(F)c(F)c(F)c2F)(c2c(F)c(F)c(F)c(F)c2F)c2c(F)c(F)c(F)c(F)c2F)(c2c(F)c(F)c(F)c(F)c2F)c2c(F)c(F)c(F)c(F)c2F)c(F)c1F.[Zr+3]. The van der Waals surface area contributed by atoms with E-state index in [9.17, 15) is 26.3 Å². The van der Waals surface area contributed by atoms with Crippen molar-refractivity contribution in [3.63, 3.8) is 0 Å². The predicted octanol–water partition coefficient (Wildman–Crippen LogP) is 12.8. The van der Waals surface area contributed by atoms with Crippen LogP contribution in [0.4, 0.5) is 132 Å². The van der Waals surface area contributed by atoms with E-state index in [0.717, 1.165) is 13.2 Å². The van der Waals surface area contributed by atoms with Crippen molar-refractivity contribution >= 4 is 45.3 Å². The maximum atomic E-state index is 16.5. The number of quaternary nitrogens is 1. The van der Waals surface area contributed by atoms with Gasteiger partial charge in [-0.1, -0.05) is 97.0 Å². The van der Waals surface area contributed by atoms with Crippen LogP contribution in [0.2, 0.25) is 0 Å². The fraction of sp³-hybridized carbons (Fsp3) is 0.357. The van der Waals surface area contributed by atoms with E-state index in [2.05, 4.69) is 0 Å². The monoisotopic (exact) mass is 1460 g/mol. The third kappa shape index (κ3) is 16.5. The maximum absolute atomic E-state index is 16.5. The van der Waals surface area contributed by atoms with Crippen LogP contribution in [-0.4, -0.2) is 48.2 Å². The minimum absolute atomic E-state index is 0. The van der Waals surface area contributed by atoms with Gasteiger partial charge in [-0.15, -0.1) is 0 Å². The van der Waals surface area contributed by atoms with E-state index >= 15 is 105 Å². The molecule has 0 amide bonds. The summed E-state index contributed by atoms with van der Waals surface area (Å²) in [4.78, 5) is 0. The molecule has 37 heteroatoms. The average molecular weight is 1470 g/mol. The zero-order valence-electron chi connectivity index (χ0n) is 48.5. The zero-order valence-corrected chi connectivity index (χ0v) is 51.0. The van der Waals surface area contributed by atoms with E-state index in [1.54, 1.807) is 27.7 Å². The van der Waals surface area contributed by atoms with Gasteiger partial charge in [0.25, 0.3) is 12.6 Å². The summed E-state index contributed by atoms with van der Waals surface area (Å²) < 4.78 is 474. The number of aliphatic hydroxyl groups is 2. The van der Waals surface area contributed by atoms with Gasteiger partial charge in [-0.2, -0.15) is 0 Å². The Bertz CT molecular complexity index is 2900. The first kappa shape index (κ1) is 83.2. The van der Waals surface area contributed by atoms with Crippen LogP contribution in [0.3, 0.4) is 0 Å². The van der Waals surface area contributed by atoms with E-state index < -0.39 is 225 Å². The summed E-state index contributed by atoms with van der Waals surface area (Å²) >= 11 is 0. The Morgan fingerprint density at radius 1 is 0.247 bits per heavy atom. The van der Waals surface area contributed by atoms with Crippen LogP contribution in [0.5, 0.6) is 0 Å². The Hall–Kier alpha value is -5.93. The first-order chi connectivity index (χ1) is 42.6. The molecule has 8 rings (SSSR count). The molecule has 0 aromatic heterocycles. The van der Waals surface area contributed by atoms with Crippen LogP contribution in [0.15, 0.2) is 0 Å². The fourth-order valence-corrected chi connectivity index (χ4v) is 9.98. The molecule has 2 saturated carbocycles. The molecule has 0 spiro atoms. The van der Waals surface area contributed by atoms with Crippen LogP contribution in [0.25, 0.3) is 0 Å². The molecule has 0 saturated heterocycles. The second kappa shape index (κ2) is 34.7. The number of nitrogens with two attached hydrogens (primary N) is 1. The summed E-state index contributed by atoms with van der Waals surface area (Å²) in [6.45, 7) is 12.6. The van der Waals surface area contributed by atoms with Gasteiger partial charge in [-0.25, -0.2) is 132 Å². The van der Waals surface area contributed by atoms with E-state index in [-0.39, 0.29) is 38.4 Å². The van der Waals surface area contributed by atoms with Crippen molar-refractivity contribution in [1.29, 1.82) is 0 Å². The Morgan fingerprint density at radius 3 is 0.409 bits per heavy atom. The van der Waals surface area contributed by atoms with Crippen molar-refractivity contribution in [2.75, 3.05) is 13.2 Å². The Kier molecular flexibility index (Phi) is 31.0. The summed E-state index contributed by atoms with van der Waals surface area (Å²) in [6, 6.07) is 0. The number of aliphatic hydroxyl groups excluding tert-OH is 2. The number of halogens is 30. The summed E-state index contributed by atoms with van der Waals surface area (Å²) in [5.41, 5.74) is -25.2. The second-order valence-corrected chi connectivity index (χ2v) is 20.5. The third-order valence-electron chi connectivity index (χ3n) is 13.7. The average Bonchev–Trinajstić information content (AvgIpc) is 0.860. The van der Waals surface area contributed by atoms with Crippen molar-refractivity contribution in [2.45, 2.75) is 118 Å². The molecule has 1 radical (unpaired) electrons. The maximum Gasteiger partial charge on any atom is 3.00 e. The molecule has 6 aromatic carbocycles. The van der Waals surface area contributed by atoms with Gasteiger partial charge in [0.1, 0.15) is 69.8 Å². The molecule has 0 heterocycles. The van der Waals surface area contributed by atoms with Gasteiger partial charge in [0, 0.05) is 25.4 Å². The molecular weight excluding hydrogens is 1420 g/mol. The zero-order chi connectivity index (χ0) is 70.8. The van der Waals surface area contributed by atoms with Gasteiger partial charge >= 0.3 is 26.2 Å². The van der Waals surface area contributed by atoms with Crippen LogP contribution >= 0.6 is 0 Å². The quantitative estimate of drug-likeness (QED) is 0.0554. The van der Waals surface area contributed by atoms with Gasteiger partial charge in [0.15, 0.2) is 105 Å². The smallest absolute Gasteiger partial charge is 0.718 e. The van der Waals surface area contributed by atoms with Crippen LogP contribution in [-0.2, 0) is 30.9 Å². The van der Waals surface area contributed by atoms with E-state index in [4.69, 9.17) is 14.9 Å². The number of benzene rings is 6. The largest absolute Gasteiger partial charge is 3.00 e. The van der Waals surface area contributed by atoms with Gasteiger partial charge in [-0.3, -0.25) is 0 Å². The number of hydrogen-bond acceptors (Lipinski definition) is 3. The van der Waals surface area contributed by atoms with Gasteiger partial charge < -0.3 is 20.1 Å². The number of rotatable bonds is 10. The van der Waals surface area contributed by atoms with Crippen molar-refractivity contribution in [3.8, 4) is 0 Å². The third-order valence-corrected chi connectivity index (χ3v) is 13.7. The number of ether oxygens (including phenoxy) is 1. The molecule has 513 valence electrons. The molecule has 0 aliphatic heterocycles. The molecule has 4 nitrogen and oxygen atoms in total. The summed E-state index contributed by atoms with van der Waals surface area (Å²) in [5.74, 6) is -122. The normalized spacial score (nSPS) is 12.9. The van der Waals surface area contributed by atoms with E-state index in [1.165, 1.54) is 64.2 Å². The first-order valence-electron chi connectivity index (χ1n) is 26.9. The molecule has 4 N–H and O–H groups in total. The number of hydrogen-bond donors (Lipinski definition) is 3. The van der Waals surface area contributed by atoms with Crippen molar-refractivity contribution < 1.29 is 178 Å². The van der Waals surface area contributed by atoms with Crippen LogP contribution in [0, 0.1) is 175 Å². The van der Waals surface area contributed by atoms with Crippen molar-refractivity contribution in [1.82, 2.24) is 0 Å². The minimum atomic E-state index is -8.20. The van der Waals surface area contributed by atoms with E-state index in [0.29, 0.717) is 0 Å². The van der Waals surface area contributed by atoms with Crippen molar-refractivity contribution in [2.24, 2.45) is 0 Å². The topological polar surface area (TPSA) is 66.3 Å². The van der Waals surface area contributed by atoms with Gasteiger partial charge in [0.05, 0.1) is 0 Å². The molecular formula is C56H48B2F30NO3Zr+2. The minimum Gasteiger partial charge on any atom is -0.718 e. The fourth-order valence-electron chi connectivity index (χ4n) is 9.98. The molecule has 6 aromatic rings. The summed E-state index contributed by atoms with van der Waals surface area (Å²) in [7, 11) is 0. The Balaban J connectivity index is 0.00000104. The first-order valence-corrected chi connectivity index (χ1v) is 26.9. The van der Waals surface area contributed by atoms with Gasteiger partial charge in [0.2, 0.25) is 0 Å². The second-order valence-electron chi connectivity index (χ2n) is 20.5. The molecule has 2 aliphatic carbocycles. The van der Waals surface area contributed by atoms with Gasteiger partial charge in [-0.05, 0) is 41.5 Å². The van der Waals surface area contributed by atoms with Crippen LogP contribution in [0.1, 0.15) is 106 Å². The van der Waals surface area contributed by atoms with Crippen molar-refractivity contribution in [3.05, 3.63) is 175 Å².